The van der Waals surface area contributed by atoms with Gasteiger partial charge < -0.3 is 5.11 Å². The topological polar surface area (TPSA) is 68.0 Å². The molecule has 2 aromatic rings. The van der Waals surface area contributed by atoms with Gasteiger partial charge in [0.25, 0.3) is 0 Å². The molecule has 2 rings (SSSR count). The predicted octanol–water partition coefficient (Wildman–Crippen LogP) is 1.90. The lowest BCUT2D eigenvalue weighted by Gasteiger charge is -2.04. The summed E-state index contributed by atoms with van der Waals surface area (Å²) >= 11 is 0. The first-order valence-corrected chi connectivity index (χ1v) is 5.78. The van der Waals surface area contributed by atoms with Crippen molar-refractivity contribution in [2.75, 3.05) is 0 Å². The molecule has 0 bridgehead atoms. The Labute approximate surface area is 105 Å². The van der Waals surface area contributed by atoms with Crippen LogP contribution in [0.4, 0.5) is 0 Å². The molecule has 0 radical (unpaired) electrons. The van der Waals surface area contributed by atoms with Gasteiger partial charge in [-0.1, -0.05) is 17.3 Å². The second kappa shape index (κ2) is 5.00. The van der Waals surface area contributed by atoms with E-state index >= 15 is 0 Å². The number of nitrogens with zero attached hydrogens (tertiary/aromatic N) is 3. The van der Waals surface area contributed by atoms with Gasteiger partial charge in [0.05, 0.1) is 23.5 Å². The summed E-state index contributed by atoms with van der Waals surface area (Å²) in [6.45, 7) is 3.92. The molecule has 18 heavy (non-hydrogen) atoms. The van der Waals surface area contributed by atoms with Crippen molar-refractivity contribution < 1.29 is 9.90 Å². The van der Waals surface area contributed by atoms with Gasteiger partial charge in [0.2, 0.25) is 0 Å². The number of aromatic nitrogens is 3. The van der Waals surface area contributed by atoms with Gasteiger partial charge in [-0.15, -0.1) is 5.10 Å². The second-order valence-corrected chi connectivity index (χ2v) is 4.27. The summed E-state index contributed by atoms with van der Waals surface area (Å²) in [5.41, 5.74) is 3.72. The maximum Gasteiger partial charge on any atom is 0.303 e. The molecule has 0 amide bonds. The summed E-state index contributed by atoms with van der Waals surface area (Å²) in [5.74, 6) is -0.820. The molecule has 5 nitrogen and oxygen atoms in total. The van der Waals surface area contributed by atoms with Gasteiger partial charge in [-0.2, -0.15) is 0 Å². The summed E-state index contributed by atoms with van der Waals surface area (Å²) in [7, 11) is 0. The first kappa shape index (κ1) is 12.3. The lowest BCUT2D eigenvalue weighted by atomic mass is 10.2. The van der Waals surface area contributed by atoms with Crippen molar-refractivity contribution in [1.29, 1.82) is 0 Å². The maximum absolute atomic E-state index is 10.6. The first-order chi connectivity index (χ1) is 8.58. The van der Waals surface area contributed by atoms with E-state index in [2.05, 4.69) is 10.3 Å². The number of rotatable bonds is 4. The van der Waals surface area contributed by atoms with Crippen LogP contribution in [0.25, 0.3) is 5.69 Å². The third-order valence-corrected chi connectivity index (χ3v) is 2.81. The summed E-state index contributed by atoms with van der Waals surface area (Å²) in [6, 6.07) is 7.95. The minimum absolute atomic E-state index is 0.0767. The molecule has 1 aromatic heterocycles. The first-order valence-electron chi connectivity index (χ1n) is 5.78. The van der Waals surface area contributed by atoms with Crippen LogP contribution >= 0.6 is 0 Å². The highest BCUT2D eigenvalue weighted by molar-refractivity contribution is 5.67. The normalized spacial score (nSPS) is 10.6. The zero-order valence-corrected chi connectivity index (χ0v) is 10.4. The molecule has 0 saturated heterocycles. The SMILES string of the molecule is Cc1cccc(-n2nnc(CCC(=O)O)c2C)c1. The highest BCUT2D eigenvalue weighted by Crippen LogP contribution is 2.14. The molecular weight excluding hydrogens is 230 g/mol. The Morgan fingerprint density at radius 3 is 2.83 bits per heavy atom. The van der Waals surface area contributed by atoms with Crippen LogP contribution in [0.1, 0.15) is 23.4 Å². The van der Waals surface area contributed by atoms with E-state index in [0.29, 0.717) is 6.42 Å². The third-order valence-electron chi connectivity index (χ3n) is 2.81. The average molecular weight is 245 g/mol. The van der Waals surface area contributed by atoms with Crippen molar-refractivity contribution in [2.24, 2.45) is 0 Å². The lowest BCUT2D eigenvalue weighted by Crippen LogP contribution is -2.01. The molecule has 0 unspecified atom stereocenters. The number of carboxylic acids is 1. The smallest absolute Gasteiger partial charge is 0.303 e. The monoisotopic (exact) mass is 245 g/mol. The Morgan fingerprint density at radius 1 is 1.39 bits per heavy atom. The highest BCUT2D eigenvalue weighted by Gasteiger charge is 2.11. The van der Waals surface area contributed by atoms with Crippen LogP contribution in [-0.4, -0.2) is 26.1 Å². The number of hydrogen-bond acceptors (Lipinski definition) is 3. The molecule has 0 aliphatic rings. The van der Waals surface area contributed by atoms with Gasteiger partial charge in [-0.25, -0.2) is 4.68 Å². The van der Waals surface area contributed by atoms with E-state index in [0.717, 1.165) is 22.6 Å². The highest BCUT2D eigenvalue weighted by atomic mass is 16.4. The number of carboxylic acid groups (broad SMARTS) is 1. The summed E-state index contributed by atoms with van der Waals surface area (Å²) in [4.78, 5) is 10.6. The van der Waals surface area contributed by atoms with Crippen molar-refractivity contribution in [3.05, 3.63) is 41.2 Å². The van der Waals surface area contributed by atoms with Gasteiger partial charge >= 0.3 is 5.97 Å². The van der Waals surface area contributed by atoms with E-state index < -0.39 is 5.97 Å². The fraction of sp³-hybridized carbons (Fsp3) is 0.308. The molecule has 94 valence electrons. The zero-order valence-electron chi connectivity index (χ0n) is 10.4. The van der Waals surface area contributed by atoms with Crippen LogP contribution in [-0.2, 0) is 11.2 Å². The van der Waals surface area contributed by atoms with E-state index in [1.54, 1.807) is 4.68 Å². The number of aryl methyl sites for hydroxylation is 2. The van der Waals surface area contributed by atoms with E-state index in [-0.39, 0.29) is 6.42 Å². The number of aliphatic carboxylic acids is 1. The second-order valence-electron chi connectivity index (χ2n) is 4.27. The molecule has 5 heteroatoms. The predicted molar refractivity (Wildman–Crippen MR) is 66.8 cm³/mol. The third kappa shape index (κ3) is 2.56. The molecule has 0 fully saturated rings. The van der Waals surface area contributed by atoms with Crippen LogP contribution in [0.5, 0.6) is 0 Å². The summed E-state index contributed by atoms with van der Waals surface area (Å²) < 4.78 is 1.74. The van der Waals surface area contributed by atoms with E-state index in [1.165, 1.54) is 0 Å². The van der Waals surface area contributed by atoms with Gasteiger partial charge in [0.15, 0.2) is 0 Å². The fourth-order valence-electron chi connectivity index (χ4n) is 1.82. The van der Waals surface area contributed by atoms with E-state index in [1.807, 2.05) is 38.1 Å². The van der Waals surface area contributed by atoms with Crippen molar-refractivity contribution in [1.82, 2.24) is 15.0 Å². The van der Waals surface area contributed by atoms with Crippen LogP contribution in [0.2, 0.25) is 0 Å². The quantitative estimate of drug-likeness (QED) is 0.893. The Balaban J connectivity index is 2.28. The Bertz CT molecular complexity index is 575. The molecule has 0 aliphatic heterocycles. The van der Waals surface area contributed by atoms with Crippen LogP contribution in [0.3, 0.4) is 0 Å². The zero-order chi connectivity index (χ0) is 13.1. The molecular formula is C13H15N3O2. The number of hydrogen-bond donors (Lipinski definition) is 1. The minimum atomic E-state index is -0.820. The largest absolute Gasteiger partial charge is 0.481 e. The van der Waals surface area contributed by atoms with Crippen molar-refractivity contribution in [3.8, 4) is 5.69 Å². The fourth-order valence-corrected chi connectivity index (χ4v) is 1.82. The van der Waals surface area contributed by atoms with E-state index in [4.69, 9.17) is 5.11 Å². The standard InChI is InChI=1S/C13H15N3O2/c1-9-4-3-5-11(8-9)16-10(2)12(14-15-16)6-7-13(17)18/h3-5,8H,6-7H2,1-2H3,(H,17,18). The molecule has 0 aliphatic carbocycles. The molecule has 0 spiro atoms. The van der Waals surface area contributed by atoms with Crippen molar-refractivity contribution in [3.63, 3.8) is 0 Å². The molecule has 1 heterocycles. The number of benzene rings is 1. The van der Waals surface area contributed by atoms with Crippen molar-refractivity contribution in [2.45, 2.75) is 26.7 Å². The summed E-state index contributed by atoms with van der Waals surface area (Å²) in [5, 5.41) is 16.8. The van der Waals surface area contributed by atoms with Crippen LogP contribution < -0.4 is 0 Å². The van der Waals surface area contributed by atoms with Gasteiger partial charge in [0, 0.05) is 6.42 Å². The molecule has 0 atom stereocenters. The van der Waals surface area contributed by atoms with E-state index in [9.17, 15) is 4.79 Å². The molecule has 1 aromatic carbocycles. The summed E-state index contributed by atoms with van der Waals surface area (Å²) in [6.07, 6.45) is 0.486. The lowest BCUT2D eigenvalue weighted by molar-refractivity contribution is -0.136. The van der Waals surface area contributed by atoms with Gasteiger partial charge in [-0.3, -0.25) is 4.79 Å². The van der Waals surface area contributed by atoms with Crippen molar-refractivity contribution >= 4 is 5.97 Å². The molecule has 0 saturated carbocycles. The van der Waals surface area contributed by atoms with Gasteiger partial charge in [-0.05, 0) is 31.5 Å². The van der Waals surface area contributed by atoms with Gasteiger partial charge in [0.1, 0.15) is 0 Å². The van der Waals surface area contributed by atoms with Crippen LogP contribution in [0, 0.1) is 13.8 Å². The Morgan fingerprint density at radius 2 is 2.17 bits per heavy atom. The minimum Gasteiger partial charge on any atom is -0.481 e. The Kier molecular flexibility index (Phi) is 3.41. The average Bonchev–Trinajstić information content (AvgIpc) is 2.68. The van der Waals surface area contributed by atoms with Crippen LogP contribution in [0.15, 0.2) is 24.3 Å². The molecule has 1 N–H and O–H groups in total. The Hall–Kier alpha value is -2.17. The number of carbonyl (C=O) groups is 1. The maximum atomic E-state index is 10.6.